The van der Waals surface area contributed by atoms with Gasteiger partial charge in [-0.15, -0.1) is 11.3 Å². The summed E-state index contributed by atoms with van der Waals surface area (Å²) in [4.78, 5) is 15.9. The third-order valence-corrected chi connectivity index (χ3v) is 4.58. The number of benzene rings is 1. The van der Waals surface area contributed by atoms with Crippen LogP contribution in [0.5, 0.6) is 0 Å². The second kappa shape index (κ2) is 6.13. The average Bonchev–Trinajstić information content (AvgIpc) is 3.00. The zero-order chi connectivity index (χ0) is 14.7. The van der Waals surface area contributed by atoms with Gasteiger partial charge in [0, 0.05) is 29.1 Å². The second-order valence-electron chi connectivity index (χ2n) is 4.93. The molecule has 0 saturated heterocycles. The molecule has 2 N–H and O–H groups in total. The molecule has 1 aromatic carbocycles. The van der Waals surface area contributed by atoms with Crippen molar-refractivity contribution in [2.45, 2.75) is 13.0 Å². The summed E-state index contributed by atoms with van der Waals surface area (Å²) in [6.45, 7) is 1.85. The van der Waals surface area contributed by atoms with Crippen LogP contribution in [0.2, 0.25) is 0 Å². The third-order valence-electron chi connectivity index (χ3n) is 3.56. The first-order valence-electron chi connectivity index (χ1n) is 6.91. The van der Waals surface area contributed by atoms with Crippen LogP contribution < -0.4 is 5.73 Å². The molecule has 2 aromatic rings. The topological polar surface area (TPSA) is 46.3 Å². The summed E-state index contributed by atoms with van der Waals surface area (Å²) in [6.07, 6.45) is 0.957. The predicted molar refractivity (Wildman–Crippen MR) is 85.1 cm³/mol. The lowest BCUT2D eigenvalue weighted by atomic mass is 10.1. The summed E-state index contributed by atoms with van der Waals surface area (Å²) >= 11 is 1.78. The quantitative estimate of drug-likeness (QED) is 0.821. The molecule has 0 aliphatic carbocycles. The second-order valence-corrected chi connectivity index (χ2v) is 5.93. The molecule has 1 aliphatic heterocycles. The molecule has 0 atom stereocenters. The van der Waals surface area contributed by atoms with Gasteiger partial charge >= 0.3 is 0 Å². The molecule has 3 rings (SSSR count). The van der Waals surface area contributed by atoms with E-state index in [0.717, 1.165) is 18.5 Å². The number of carbonyl (C=O) groups excluding carboxylic acids is 1. The Morgan fingerprint density at radius 2 is 2.10 bits per heavy atom. The Labute approximate surface area is 128 Å². The summed E-state index contributed by atoms with van der Waals surface area (Å²) in [5.74, 6) is 5.86. The Bertz CT molecular complexity index is 706. The summed E-state index contributed by atoms with van der Waals surface area (Å²) in [7, 11) is 0. The van der Waals surface area contributed by atoms with Gasteiger partial charge in [0.15, 0.2) is 0 Å². The van der Waals surface area contributed by atoms with E-state index in [2.05, 4.69) is 23.3 Å². The molecule has 21 heavy (non-hydrogen) atoms. The highest BCUT2D eigenvalue weighted by atomic mass is 32.1. The fourth-order valence-electron chi connectivity index (χ4n) is 2.45. The Balaban J connectivity index is 1.74. The first-order valence-corrected chi connectivity index (χ1v) is 7.79. The van der Waals surface area contributed by atoms with Crippen molar-refractivity contribution in [3.05, 3.63) is 57.3 Å². The van der Waals surface area contributed by atoms with Gasteiger partial charge in [-0.25, -0.2) is 0 Å². The zero-order valence-corrected chi connectivity index (χ0v) is 12.5. The average molecular weight is 296 g/mol. The maximum absolute atomic E-state index is 12.5. The van der Waals surface area contributed by atoms with Crippen molar-refractivity contribution in [1.29, 1.82) is 0 Å². The molecule has 0 bridgehead atoms. The van der Waals surface area contributed by atoms with E-state index in [1.165, 1.54) is 10.4 Å². The number of hydrogen-bond donors (Lipinski definition) is 1. The first kappa shape index (κ1) is 13.9. The summed E-state index contributed by atoms with van der Waals surface area (Å²) < 4.78 is 0. The molecule has 1 aliphatic rings. The summed E-state index contributed by atoms with van der Waals surface area (Å²) in [5.41, 5.74) is 8.23. The minimum Gasteiger partial charge on any atom is -0.334 e. The predicted octanol–water partition coefficient (Wildman–Crippen LogP) is 2.26. The molecule has 1 amide bonds. The van der Waals surface area contributed by atoms with Gasteiger partial charge in [0.05, 0.1) is 6.54 Å². The van der Waals surface area contributed by atoms with Crippen LogP contribution in [-0.4, -0.2) is 23.9 Å². The van der Waals surface area contributed by atoms with Gasteiger partial charge < -0.3 is 10.6 Å². The minimum atomic E-state index is 0.0881. The van der Waals surface area contributed by atoms with Gasteiger partial charge in [-0.3, -0.25) is 4.79 Å². The van der Waals surface area contributed by atoms with E-state index in [4.69, 9.17) is 5.73 Å². The van der Waals surface area contributed by atoms with Crippen molar-refractivity contribution in [3.8, 4) is 11.8 Å². The summed E-state index contributed by atoms with van der Waals surface area (Å²) in [5, 5.41) is 2.10. The molecule has 106 valence electrons. The number of nitrogens with zero attached hydrogens (tertiary/aromatic N) is 1. The van der Waals surface area contributed by atoms with Crippen LogP contribution >= 0.6 is 11.3 Å². The lowest BCUT2D eigenvalue weighted by Gasteiger charge is -2.27. The van der Waals surface area contributed by atoms with Crippen LogP contribution in [0.15, 0.2) is 35.7 Å². The lowest BCUT2D eigenvalue weighted by Crippen LogP contribution is -2.35. The maximum atomic E-state index is 12.5. The third kappa shape index (κ3) is 2.99. The Morgan fingerprint density at radius 3 is 2.86 bits per heavy atom. The number of amides is 1. The van der Waals surface area contributed by atoms with E-state index in [9.17, 15) is 4.79 Å². The molecule has 1 aromatic heterocycles. The van der Waals surface area contributed by atoms with Crippen LogP contribution in [-0.2, 0) is 13.0 Å². The number of carbonyl (C=O) groups is 1. The highest BCUT2D eigenvalue weighted by Gasteiger charge is 2.22. The fraction of sp³-hybridized carbons (Fsp3) is 0.235. The Hall–Kier alpha value is -2.09. The van der Waals surface area contributed by atoms with Crippen LogP contribution in [0.4, 0.5) is 0 Å². The van der Waals surface area contributed by atoms with Crippen LogP contribution in [0.25, 0.3) is 0 Å². The van der Waals surface area contributed by atoms with Gasteiger partial charge in [0.1, 0.15) is 0 Å². The van der Waals surface area contributed by atoms with Crippen molar-refractivity contribution < 1.29 is 4.79 Å². The molecule has 4 heteroatoms. The number of thiophene rings is 1. The molecule has 0 radical (unpaired) electrons. The molecule has 3 nitrogen and oxygen atoms in total. The van der Waals surface area contributed by atoms with Gasteiger partial charge in [-0.1, -0.05) is 11.8 Å². The van der Waals surface area contributed by atoms with Gasteiger partial charge in [0.2, 0.25) is 0 Å². The molecule has 2 heterocycles. The molecule has 0 unspecified atom stereocenters. The molecule has 0 spiro atoms. The highest BCUT2D eigenvalue weighted by molar-refractivity contribution is 7.10. The SMILES string of the molecule is NCC#Cc1ccc(C(=O)N2CCc3sccc3C2)cc1. The van der Waals surface area contributed by atoms with Crippen molar-refractivity contribution in [3.63, 3.8) is 0 Å². The molecule has 0 fully saturated rings. The van der Waals surface area contributed by atoms with E-state index in [0.29, 0.717) is 18.7 Å². The molecular formula is C17H16N2OS. The van der Waals surface area contributed by atoms with E-state index < -0.39 is 0 Å². The number of hydrogen-bond acceptors (Lipinski definition) is 3. The zero-order valence-electron chi connectivity index (χ0n) is 11.6. The van der Waals surface area contributed by atoms with E-state index in [1.807, 2.05) is 29.2 Å². The van der Waals surface area contributed by atoms with Gasteiger partial charge in [-0.2, -0.15) is 0 Å². The molecular weight excluding hydrogens is 280 g/mol. The van der Waals surface area contributed by atoms with Crippen molar-refractivity contribution in [2.24, 2.45) is 5.73 Å². The van der Waals surface area contributed by atoms with E-state index in [1.54, 1.807) is 11.3 Å². The lowest BCUT2D eigenvalue weighted by molar-refractivity contribution is 0.0736. The monoisotopic (exact) mass is 296 g/mol. The van der Waals surface area contributed by atoms with Gasteiger partial charge in [-0.05, 0) is 47.7 Å². The normalized spacial score (nSPS) is 13.3. The standard InChI is InChI=1S/C17H16N2OS/c18-9-1-2-13-3-5-14(6-4-13)17(20)19-10-7-16-15(12-19)8-11-21-16/h3-6,8,11H,7,9-10,12,18H2. The Morgan fingerprint density at radius 1 is 1.29 bits per heavy atom. The minimum absolute atomic E-state index is 0.0881. The first-order chi connectivity index (χ1) is 10.3. The number of fused-ring (bicyclic) bond motifs is 1. The Kier molecular flexibility index (Phi) is 4.05. The van der Waals surface area contributed by atoms with Crippen LogP contribution in [0.3, 0.4) is 0 Å². The van der Waals surface area contributed by atoms with Crippen LogP contribution in [0, 0.1) is 11.8 Å². The fourth-order valence-corrected chi connectivity index (χ4v) is 3.34. The highest BCUT2D eigenvalue weighted by Crippen LogP contribution is 2.25. The van der Waals surface area contributed by atoms with Crippen LogP contribution in [0.1, 0.15) is 26.4 Å². The number of nitrogens with two attached hydrogens (primary N) is 1. The van der Waals surface area contributed by atoms with Crippen molar-refractivity contribution >= 4 is 17.2 Å². The maximum Gasteiger partial charge on any atom is 0.254 e. The largest absolute Gasteiger partial charge is 0.334 e. The molecule has 0 saturated carbocycles. The van der Waals surface area contributed by atoms with Crippen molar-refractivity contribution in [1.82, 2.24) is 4.90 Å². The smallest absolute Gasteiger partial charge is 0.254 e. The van der Waals surface area contributed by atoms with E-state index in [-0.39, 0.29) is 5.91 Å². The summed E-state index contributed by atoms with van der Waals surface area (Å²) in [6, 6.07) is 9.54. The number of rotatable bonds is 1. The van der Waals surface area contributed by atoms with Gasteiger partial charge in [0.25, 0.3) is 5.91 Å². The van der Waals surface area contributed by atoms with E-state index >= 15 is 0 Å². The van der Waals surface area contributed by atoms with Crippen molar-refractivity contribution in [2.75, 3.05) is 13.1 Å².